The molecular formula is C17H29N5O2. The van der Waals surface area contributed by atoms with Crippen molar-refractivity contribution in [1.29, 1.82) is 0 Å². The summed E-state index contributed by atoms with van der Waals surface area (Å²) in [6, 6.07) is 0.396. The number of hydrogen-bond donors (Lipinski definition) is 2. The van der Waals surface area contributed by atoms with Crippen LogP contribution in [0.15, 0.2) is 0 Å². The lowest BCUT2D eigenvalue weighted by atomic mass is 9.94. The summed E-state index contributed by atoms with van der Waals surface area (Å²) in [6.45, 7) is 11.6. The smallest absolute Gasteiger partial charge is 0.286 e. The lowest BCUT2D eigenvalue weighted by Crippen LogP contribution is -2.40. The third kappa shape index (κ3) is 4.42. The third-order valence-corrected chi connectivity index (χ3v) is 4.48. The second-order valence-electron chi connectivity index (χ2n) is 7.36. The van der Waals surface area contributed by atoms with Crippen molar-refractivity contribution in [2.24, 2.45) is 11.1 Å². The van der Waals surface area contributed by atoms with Crippen LogP contribution in [-0.4, -0.2) is 55.3 Å². The van der Waals surface area contributed by atoms with E-state index < -0.39 is 5.91 Å². The standard InChI is InChI=1S/C17H29N5O2/c1-11-12(2)20-15(14(18)23)21-16(11)22-7-6-13(8-22)19-9-17(3,4)10-24-5/h13,19H,6-10H2,1-5H3,(H2,18,23)/t13-/m1/s1. The zero-order valence-corrected chi connectivity index (χ0v) is 15.3. The summed E-state index contributed by atoms with van der Waals surface area (Å²) in [5, 5.41) is 3.62. The maximum atomic E-state index is 11.4. The van der Waals surface area contributed by atoms with Crippen LogP contribution in [0.2, 0.25) is 0 Å². The fraction of sp³-hybridized carbons (Fsp3) is 0.706. The normalized spacial score (nSPS) is 18.2. The monoisotopic (exact) mass is 335 g/mol. The largest absolute Gasteiger partial charge is 0.384 e. The Balaban J connectivity index is 2.04. The Morgan fingerprint density at radius 1 is 1.42 bits per heavy atom. The topological polar surface area (TPSA) is 93.4 Å². The van der Waals surface area contributed by atoms with Gasteiger partial charge >= 0.3 is 0 Å². The lowest BCUT2D eigenvalue weighted by molar-refractivity contribution is 0.0990. The number of anilines is 1. The quantitative estimate of drug-likeness (QED) is 0.773. The van der Waals surface area contributed by atoms with Crippen LogP contribution in [0.25, 0.3) is 0 Å². The van der Waals surface area contributed by atoms with Crippen LogP contribution in [0.4, 0.5) is 5.82 Å². The Bertz CT molecular complexity index is 603. The number of aromatic nitrogens is 2. The number of amides is 1. The van der Waals surface area contributed by atoms with E-state index in [1.165, 1.54) is 0 Å². The Hall–Kier alpha value is -1.73. The van der Waals surface area contributed by atoms with Crippen LogP contribution in [0.3, 0.4) is 0 Å². The van der Waals surface area contributed by atoms with Gasteiger partial charge in [-0.3, -0.25) is 4.79 Å². The van der Waals surface area contributed by atoms with Crippen molar-refractivity contribution in [2.75, 3.05) is 38.3 Å². The number of hydrogen-bond acceptors (Lipinski definition) is 6. The number of aryl methyl sites for hydroxylation is 1. The molecule has 7 nitrogen and oxygen atoms in total. The van der Waals surface area contributed by atoms with Gasteiger partial charge in [-0.05, 0) is 20.3 Å². The summed E-state index contributed by atoms with van der Waals surface area (Å²) in [7, 11) is 1.73. The molecule has 0 bridgehead atoms. The first-order valence-corrected chi connectivity index (χ1v) is 8.36. The molecule has 1 aromatic rings. The van der Waals surface area contributed by atoms with Gasteiger partial charge in [0.2, 0.25) is 5.82 Å². The number of methoxy groups -OCH3 is 1. The maximum absolute atomic E-state index is 11.4. The van der Waals surface area contributed by atoms with Gasteiger partial charge in [-0.15, -0.1) is 0 Å². The number of carbonyl (C=O) groups excluding carboxylic acids is 1. The molecule has 1 fully saturated rings. The molecule has 0 unspecified atom stereocenters. The van der Waals surface area contributed by atoms with Crippen molar-refractivity contribution in [2.45, 2.75) is 40.2 Å². The first kappa shape index (κ1) is 18.6. The fourth-order valence-corrected chi connectivity index (χ4v) is 3.01. The maximum Gasteiger partial charge on any atom is 0.286 e. The van der Waals surface area contributed by atoms with Gasteiger partial charge in [-0.2, -0.15) is 0 Å². The molecule has 0 aliphatic carbocycles. The first-order valence-electron chi connectivity index (χ1n) is 8.36. The lowest BCUT2D eigenvalue weighted by Gasteiger charge is -2.26. The van der Waals surface area contributed by atoms with Crippen LogP contribution >= 0.6 is 0 Å². The predicted octanol–water partition coefficient (Wildman–Crippen LogP) is 1.03. The summed E-state index contributed by atoms with van der Waals surface area (Å²) in [5.74, 6) is 0.317. The molecule has 134 valence electrons. The minimum absolute atomic E-state index is 0.0886. The highest BCUT2D eigenvalue weighted by Crippen LogP contribution is 2.24. The predicted molar refractivity (Wildman–Crippen MR) is 94.3 cm³/mol. The molecule has 0 radical (unpaired) electrons. The second-order valence-corrected chi connectivity index (χ2v) is 7.36. The van der Waals surface area contributed by atoms with E-state index in [1.54, 1.807) is 7.11 Å². The summed E-state index contributed by atoms with van der Waals surface area (Å²) in [4.78, 5) is 22.2. The number of primary amides is 1. The highest BCUT2D eigenvalue weighted by molar-refractivity contribution is 5.89. The van der Waals surface area contributed by atoms with Crippen molar-refractivity contribution in [3.63, 3.8) is 0 Å². The van der Waals surface area contributed by atoms with Gasteiger partial charge in [0, 0.05) is 49.5 Å². The third-order valence-electron chi connectivity index (χ3n) is 4.48. The van der Waals surface area contributed by atoms with Gasteiger partial charge in [0.05, 0.1) is 6.61 Å². The van der Waals surface area contributed by atoms with Crippen molar-refractivity contribution >= 4 is 11.7 Å². The van der Waals surface area contributed by atoms with Crippen molar-refractivity contribution in [3.05, 3.63) is 17.1 Å². The second kappa shape index (κ2) is 7.44. The molecule has 1 aliphatic heterocycles. The molecule has 0 spiro atoms. The summed E-state index contributed by atoms with van der Waals surface area (Å²) < 4.78 is 5.27. The Kier molecular flexibility index (Phi) is 5.77. The highest BCUT2D eigenvalue weighted by atomic mass is 16.5. The van der Waals surface area contributed by atoms with E-state index in [1.807, 2.05) is 13.8 Å². The van der Waals surface area contributed by atoms with Crippen LogP contribution in [-0.2, 0) is 4.74 Å². The van der Waals surface area contributed by atoms with Gasteiger partial charge in [0.1, 0.15) is 5.82 Å². The SMILES string of the molecule is COCC(C)(C)CN[C@@H]1CCN(c2nc(C(N)=O)nc(C)c2C)C1. The van der Waals surface area contributed by atoms with E-state index in [4.69, 9.17) is 10.5 Å². The van der Waals surface area contributed by atoms with Crippen molar-refractivity contribution < 1.29 is 9.53 Å². The molecule has 3 N–H and O–H groups in total. The van der Waals surface area contributed by atoms with E-state index in [-0.39, 0.29) is 11.2 Å². The molecule has 1 aromatic heterocycles. The van der Waals surface area contributed by atoms with E-state index in [0.29, 0.717) is 6.04 Å². The van der Waals surface area contributed by atoms with Crippen LogP contribution < -0.4 is 16.0 Å². The average molecular weight is 335 g/mol. The highest BCUT2D eigenvalue weighted by Gasteiger charge is 2.28. The van der Waals surface area contributed by atoms with E-state index in [0.717, 1.165) is 49.7 Å². The summed E-state index contributed by atoms with van der Waals surface area (Å²) in [5.41, 5.74) is 7.24. The van der Waals surface area contributed by atoms with Gasteiger partial charge < -0.3 is 20.7 Å². The van der Waals surface area contributed by atoms with Gasteiger partial charge in [-0.1, -0.05) is 13.8 Å². The molecule has 1 atom stereocenters. The summed E-state index contributed by atoms with van der Waals surface area (Å²) in [6.07, 6.45) is 1.04. The van der Waals surface area contributed by atoms with Crippen molar-refractivity contribution in [3.8, 4) is 0 Å². The summed E-state index contributed by atoms with van der Waals surface area (Å²) >= 11 is 0. The molecule has 1 amide bonds. The molecule has 2 rings (SSSR count). The molecular weight excluding hydrogens is 306 g/mol. The molecule has 1 aliphatic rings. The number of carbonyl (C=O) groups is 1. The van der Waals surface area contributed by atoms with E-state index >= 15 is 0 Å². The number of rotatable bonds is 7. The number of nitrogens with zero attached hydrogens (tertiary/aromatic N) is 3. The van der Waals surface area contributed by atoms with Crippen molar-refractivity contribution in [1.82, 2.24) is 15.3 Å². The van der Waals surface area contributed by atoms with Crippen LogP contribution in [0.1, 0.15) is 42.1 Å². The molecule has 2 heterocycles. The van der Waals surface area contributed by atoms with Crippen LogP contribution in [0.5, 0.6) is 0 Å². The Morgan fingerprint density at radius 2 is 2.12 bits per heavy atom. The van der Waals surface area contributed by atoms with E-state index in [2.05, 4.69) is 34.0 Å². The minimum atomic E-state index is -0.588. The van der Waals surface area contributed by atoms with Gasteiger partial charge in [-0.25, -0.2) is 9.97 Å². The van der Waals surface area contributed by atoms with Gasteiger partial charge in [0.25, 0.3) is 5.91 Å². The first-order chi connectivity index (χ1) is 11.2. The molecule has 0 saturated carbocycles. The van der Waals surface area contributed by atoms with Gasteiger partial charge in [0.15, 0.2) is 0 Å². The average Bonchev–Trinajstić information content (AvgIpc) is 2.96. The Morgan fingerprint density at radius 3 is 2.75 bits per heavy atom. The zero-order chi connectivity index (χ0) is 17.9. The molecule has 7 heteroatoms. The van der Waals surface area contributed by atoms with E-state index in [9.17, 15) is 4.79 Å². The Labute approximate surface area is 144 Å². The fourth-order valence-electron chi connectivity index (χ4n) is 3.01. The molecule has 1 saturated heterocycles. The zero-order valence-electron chi connectivity index (χ0n) is 15.3. The minimum Gasteiger partial charge on any atom is -0.384 e. The molecule has 0 aromatic carbocycles. The number of nitrogens with two attached hydrogens (primary N) is 1. The number of nitrogens with one attached hydrogen (secondary N) is 1. The van der Waals surface area contributed by atoms with Crippen LogP contribution in [0, 0.1) is 19.3 Å². The number of ether oxygens (including phenoxy) is 1. The molecule has 24 heavy (non-hydrogen) atoms.